The Hall–Kier alpha value is -1.42. The Balaban J connectivity index is 2.89. The molecule has 0 aliphatic carbocycles. The molecule has 0 unspecified atom stereocenters. The summed E-state index contributed by atoms with van der Waals surface area (Å²) in [4.78, 5) is 12.4. The van der Waals surface area contributed by atoms with Crippen molar-refractivity contribution in [3.63, 3.8) is 0 Å². The summed E-state index contributed by atoms with van der Waals surface area (Å²) >= 11 is 5.88. The number of hydrogen-bond donors (Lipinski definition) is 1. The average molecular weight is 209 g/mol. The maximum atomic E-state index is 5.88. The van der Waals surface area contributed by atoms with E-state index in [1.165, 1.54) is 0 Å². The highest BCUT2D eigenvalue weighted by molar-refractivity contribution is 6.30. The number of nitrogens with zero attached hydrogens (tertiary/aromatic N) is 3. The van der Waals surface area contributed by atoms with Crippen LogP contribution >= 0.6 is 11.6 Å². The van der Waals surface area contributed by atoms with E-state index in [1.807, 2.05) is 13.0 Å². The van der Waals surface area contributed by atoms with Crippen molar-refractivity contribution in [1.29, 1.82) is 0 Å². The van der Waals surface area contributed by atoms with Crippen molar-refractivity contribution in [3.05, 3.63) is 22.6 Å². The van der Waals surface area contributed by atoms with E-state index in [-0.39, 0.29) is 0 Å². The molecular weight excluding hydrogens is 200 g/mol. The van der Waals surface area contributed by atoms with Gasteiger partial charge in [-0.15, -0.1) is 0 Å². The molecule has 14 heavy (non-hydrogen) atoms. The fourth-order valence-corrected chi connectivity index (χ4v) is 1.42. The Morgan fingerprint density at radius 1 is 1.21 bits per heavy atom. The first-order chi connectivity index (χ1) is 6.58. The van der Waals surface area contributed by atoms with Gasteiger partial charge < -0.3 is 5.73 Å². The van der Waals surface area contributed by atoms with Gasteiger partial charge in [0.05, 0.1) is 5.52 Å². The first-order valence-electron chi connectivity index (χ1n) is 4.15. The second-order valence-electron chi connectivity index (χ2n) is 3.12. The van der Waals surface area contributed by atoms with Gasteiger partial charge >= 0.3 is 0 Å². The predicted molar refractivity (Wildman–Crippen MR) is 56.2 cm³/mol. The molecule has 2 heterocycles. The van der Waals surface area contributed by atoms with Crippen molar-refractivity contribution in [2.45, 2.75) is 13.8 Å². The molecule has 0 saturated carbocycles. The molecule has 0 spiro atoms. The number of rotatable bonds is 0. The number of aromatic nitrogens is 3. The fourth-order valence-electron chi connectivity index (χ4n) is 1.28. The molecule has 2 rings (SSSR count). The minimum absolute atomic E-state index is 0.370. The third-order valence-electron chi connectivity index (χ3n) is 1.94. The van der Waals surface area contributed by atoms with Crippen LogP contribution in [0, 0.1) is 13.8 Å². The summed E-state index contributed by atoms with van der Waals surface area (Å²) in [7, 11) is 0. The van der Waals surface area contributed by atoms with Crippen LogP contribution in [0.3, 0.4) is 0 Å². The summed E-state index contributed by atoms with van der Waals surface area (Å²) in [5, 5.41) is 0.441. The number of anilines is 1. The van der Waals surface area contributed by atoms with E-state index in [0.29, 0.717) is 22.3 Å². The quantitative estimate of drug-likeness (QED) is 0.672. The minimum Gasteiger partial charge on any atom is -0.382 e. The molecule has 72 valence electrons. The van der Waals surface area contributed by atoms with Crippen LogP contribution in [0.25, 0.3) is 11.0 Å². The van der Waals surface area contributed by atoms with Crippen molar-refractivity contribution in [2.75, 3.05) is 5.73 Å². The third kappa shape index (κ3) is 1.37. The van der Waals surface area contributed by atoms with Gasteiger partial charge in [0.15, 0.2) is 5.82 Å². The zero-order valence-electron chi connectivity index (χ0n) is 7.87. The van der Waals surface area contributed by atoms with Gasteiger partial charge in [0.2, 0.25) is 0 Å². The normalized spacial score (nSPS) is 10.8. The maximum Gasteiger partial charge on any atom is 0.153 e. The van der Waals surface area contributed by atoms with E-state index in [2.05, 4.69) is 15.0 Å². The van der Waals surface area contributed by atoms with Crippen molar-refractivity contribution in [3.8, 4) is 0 Å². The summed E-state index contributed by atoms with van der Waals surface area (Å²) in [5.41, 5.74) is 7.88. The van der Waals surface area contributed by atoms with Crippen LogP contribution in [0.15, 0.2) is 6.07 Å². The topological polar surface area (TPSA) is 64.7 Å². The average Bonchev–Trinajstić information content (AvgIpc) is 2.08. The molecule has 0 aromatic carbocycles. The van der Waals surface area contributed by atoms with E-state index in [0.717, 1.165) is 11.1 Å². The van der Waals surface area contributed by atoms with Gasteiger partial charge in [0, 0.05) is 0 Å². The van der Waals surface area contributed by atoms with E-state index >= 15 is 0 Å². The van der Waals surface area contributed by atoms with E-state index in [4.69, 9.17) is 17.3 Å². The molecule has 0 aliphatic rings. The highest BCUT2D eigenvalue weighted by Crippen LogP contribution is 2.21. The van der Waals surface area contributed by atoms with Gasteiger partial charge in [-0.3, -0.25) is 0 Å². The lowest BCUT2D eigenvalue weighted by Gasteiger charge is -2.03. The zero-order valence-corrected chi connectivity index (χ0v) is 8.63. The van der Waals surface area contributed by atoms with Crippen LogP contribution < -0.4 is 5.73 Å². The number of halogens is 1. The SMILES string of the molecule is Cc1nc(N)c2nc(Cl)c(C)cc2n1. The number of aryl methyl sites for hydroxylation is 2. The second-order valence-corrected chi connectivity index (χ2v) is 3.48. The molecule has 0 saturated heterocycles. The summed E-state index contributed by atoms with van der Waals surface area (Å²) in [6.45, 7) is 3.67. The Morgan fingerprint density at radius 3 is 2.64 bits per heavy atom. The predicted octanol–water partition coefficient (Wildman–Crippen LogP) is 1.88. The van der Waals surface area contributed by atoms with Crippen molar-refractivity contribution >= 4 is 28.5 Å². The van der Waals surface area contributed by atoms with Gasteiger partial charge in [-0.1, -0.05) is 11.6 Å². The van der Waals surface area contributed by atoms with Crippen LogP contribution in [0.5, 0.6) is 0 Å². The van der Waals surface area contributed by atoms with E-state index < -0.39 is 0 Å². The van der Waals surface area contributed by atoms with Crippen molar-refractivity contribution in [2.24, 2.45) is 0 Å². The molecular formula is C9H9ClN4. The largest absolute Gasteiger partial charge is 0.382 e. The summed E-state index contributed by atoms with van der Waals surface area (Å²) < 4.78 is 0. The molecule has 0 bridgehead atoms. The standard InChI is InChI=1S/C9H9ClN4/c1-4-3-6-7(14-8(4)10)9(11)13-5(2)12-6/h3H,1-2H3,(H2,11,12,13). The number of pyridine rings is 1. The van der Waals surface area contributed by atoms with Crippen molar-refractivity contribution < 1.29 is 0 Å². The highest BCUT2D eigenvalue weighted by Gasteiger charge is 2.06. The van der Waals surface area contributed by atoms with E-state index in [1.54, 1.807) is 6.92 Å². The fraction of sp³-hybridized carbons (Fsp3) is 0.222. The molecule has 5 heteroatoms. The third-order valence-corrected chi connectivity index (χ3v) is 2.32. The monoisotopic (exact) mass is 208 g/mol. The second kappa shape index (κ2) is 3.06. The van der Waals surface area contributed by atoms with Crippen LogP contribution in [0.4, 0.5) is 5.82 Å². The zero-order chi connectivity index (χ0) is 10.3. The van der Waals surface area contributed by atoms with Crippen LogP contribution in [0.2, 0.25) is 5.15 Å². The first kappa shape index (κ1) is 9.15. The lowest BCUT2D eigenvalue weighted by molar-refractivity contribution is 1.09. The summed E-state index contributed by atoms with van der Waals surface area (Å²) in [6, 6.07) is 1.86. The lowest BCUT2D eigenvalue weighted by atomic mass is 10.2. The Morgan fingerprint density at radius 2 is 1.93 bits per heavy atom. The molecule has 0 radical (unpaired) electrons. The molecule has 2 aromatic rings. The molecule has 2 aromatic heterocycles. The van der Waals surface area contributed by atoms with Crippen molar-refractivity contribution in [1.82, 2.24) is 15.0 Å². The Bertz CT molecular complexity index is 510. The van der Waals surface area contributed by atoms with E-state index in [9.17, 15) is 0 Å². The smallest absolute Gasteiger partial charge is 0.153 e. The maximum absolute atomic E-state index is 5.88. The molecule has 0 atom stereocenters. The number of hydrogen-bond acceptors (Lipinski definition) is 4. The number of nitrogens with two attached hydrogens (primary N) is 1. The molecule has 0 fully saturated rings. The van der Waals surface area contributed by atoms with Crippen LogP contribution in [-0.4, -0.2) is 15.0 Å². The van der Waals surface area contributed by atoms with Gasteiger partial charge in [-0.05, 0) is 25.5 Å². The first-order valence-corrected chi connectivity index (χ1v) is 4.52. The van der Waals surface area contributed by atoms with Gasteiger partial charge in [-0.25, -0.2) is 15.0 Å². The lowest BCUT2D eigenvalue weighted by Crippen LogP contribution is -1.99. The molecule has 4 nitrogen and oxygen atoms in total. The molecule has 0 amide bonds. The number of nitrogen functional groups attached to an aromatic ring is 1. The van der Waals surface area contributed by atoms with Crippen LogP contribution in [-0.2, 0) is 0 Å². The molecule has 0 aliphatic heterocycles. The van der Waals surface area contributed by atoms with Crippen LogP contribution in [0.1, 0.15) is 11.4 Å². The van der Waals surface area contributed by atoms with Gasteiger partial charge in [-0.2, -0.15) is 0 Å². The summed E-state index contributed by atoms with van der Waals surface area (Å²) in [5.74, 6) is 1.01. The summed E-state index contributed by atoms with van der Waals surface area (Å²) in [6.07, 6.45) is 0. The Labute approximate surface area is 86.1 Å². The van der Waals surface area contributed by atoms with Gasteiger partial charge in [0.1, 0.15) is 16.5 Å². The minimum atomic E-state index is 0.370. The Kier molecular flexibility index (Phi) is 2.00. The number of fused-ring (bicyclic) bond motifs is 1. The molecule has 2 N–H and O–H groups in total. The van der Waals surface area contributed by atoms with Gasteiger partial charge in [0.25, 0.3) is 0 Å². The highest BCUT2D eigenvalue weighted by atomic mass is 35.5.